The van der Waals surface area contributed by atoms with Crippen molar-refractivity contribution in [2.45, 2.75) is 16.1 Å². The third-order valence-corrected chi connectivity index (χ3v) is 10.9. The number of hydrogen-bond acceptors (Lipinski definition) is 2. The first-order valence-corrected chi connectivity index (χ1v) is 17.5. The maximum Gasteiger partial charge on any atom is 0.0540 e. The predicted octanol–water partition coefficient (Wildman–Crippen LogP) is 13.0. The monoisotopic (exact) mass is 631 g/mol. The molecule has 9 rings (SSSR count). The van der Waals surface area contributed by atoms with Gasteiger partial charge in [0.1, 0.15) is 0 Å². The van der Waals surface area contributed by atoms with Gasteiger partial charge in [0.2, 0.25) is 0 Å². The molecule has 1 nitrogen and oxygen atoms in total. The van der Waals surface area contributed by atoms with Gasteiger partial charge in [-0.15, -0.1) is 11.8 Å². The van der Waals surface area contributed by atoms with Crippen molar-refractivity contribution in [1.29, 1.82) is 0 Å². The molecular formula is C46H33NS. The van der Waals surface area contributed by atoms with Crippen molar-refractivity contribution < 1.29 is 0 Å². The van der Waals surface area contributed by atoms with Crippen molar-refractivity contribution >= 4 is 39.6 Å². The molecule has 2 heteroatoms. The Morgan fingerprint density at radius 2 is 1.02 bits per heavy atom. The van der Waals surface area contributed by atoms with Gasteiger partial charge in [-0.3, -0.25) is 0 Å². The molecule has 48 heavy (non-hydrogen) atoms. The molecule has 2 aliphatic rings. The quantitative estimate of drug-likeness (QED) is 0.180. The molecule has 0 aromatic heterocycles. The van der Waals surface area contributed by atoms with E-state index in [9.17, 15) is 0 Å². The van der Waals surface area contributed by atoms with E-state index in [0.717, 1.165) is 17.1 Å². The number of hydrogen-bond donors (Lipinski definition) is 0. The number of thioether (sulfide) groups is 1. The van der Waals surface area contributed by atoms with Crippen LogP contribution in [0.25, 0.3) is 44.2 Å². The van der Waals surface area contributed by atoms with Crippen LogP contribution in [0.15, 0.2) is 193 Å². The minimum Gasteiger partial charge on any atom is -0.310 e. The molecule has 2 atom stereocenters. The van der Waals surface area contributed by atoms with Crippen molar-refractivity contribution in [3.8, 4) is 33.4 Å². The van der Waals surface area contributed by atoms with Gasteiger partial charge in [-0.25, -0.2) is 0 Å². The molecule has 0 amide bonds. The van der Waals surface area contributed by atoms with Crippen LogP contribution in [0, 0.1) is 0 Å². The first-order chi connectivity index (χ1) is 23.8. The predicted molar refractivity (Wildman–Crippen MR) is 206 cm³/mol. The second-order valence-corrected chi connectivity index (χ2v) is 13.7. The molecule has 1 heterocycles. The maximum atomic E-state index is 2.45. The Balaban J connectivity index is 1.16. The molecule has 0 fully saturated rings. The average Bonchev–Trinajstić information content (AvgIpc) is 3.53. The highest BCUT2D eigenvalue weighted by Gasteiger charge is 2.32. The van der Waals surface area contributed by atoms with Crippen molar-refractivity contribution in [2.75, 3.05) is 4.90 Å². The minimum absolute atomic E-state index is 0.427. The molecule has 0 saturated heterocycles. The molecule has 228 valence electrons. The number of allylic oxidation sites excluding steroid dienone is 3. The summed E-state index contributed by atoms with van der Waals surface area (Å²) in [5.74, 6) is 0.427. The molecule has 0 saturated carbocycles. The fourth-order valence-corrected chi connectivity index (χ4v) is 8.60. The SMILES string of the molecule is C1=CC2Sc3cc(-c4ccc(N(c5ccc(-c6ccccc6)cc5)c5cccc6ccccc56)cc4)c(-c4ccccc4)cc3C2C=C1. The molecule has 2 unspecified atom stereocenters. The van der Waals surface area contributed by atoms with E-state index < -0.39 is 0 Å². The zero-order valence-electron chi connectivity index (χ0n) is 26.4. The lowest BCUT2D eigenvalue weighted by Gasteiger charge is -2.27. The van der Waals surface area contributed by atoms with Crippen LogP contribution in [0.1, 0.15) is 11.5 Å². The highest BCUT2D eigenvalue weighted by Crippen LogP contribution is 2.51. The van der Waals surface area contributed by atoms with Crippen LogP contribution < -0.4 is 4.90 Å². The summed E-state index contributed by atoms with van der Waals surface area (Å²) >= 11 is 1.99. The van der Waals surface area contributed by atoms with Crippen LogP contribution >= 0.6 is 11.8 Å². The standard InChI is InChI=1S/C46H33NS/c1-3-12-32(13-4-1)33-22-26-37(27-23-33)47(44-20-11-17-34-16-7-8-18-39(34)44)38-28-24-36(25-29-38)42-31-46-43(40-19-9-10-21-45(40)48-46)30-41(42)35-14-5-2-6-15-35/h1-31,40,45H. The molecule has 1 aliphatic carbocycles. The highest BCUT2D eigenvalue weighted by atomic mass is 32.2. The molecule has 0 N–H and O–H groups in total. The Labute approximate surface area is 286 Å². The summed E-state index contributed by atoms with van der Waals surface area (Å²) in [7, 11) is 0. The van der Waals surface area contributed by atoms with Crippen LogP contribution in [-0.2, 0) is 0 Å². The summed E-state index contributed by atoms with van der Waals surface area (Å²) in [6.45, 7) is 0. The van der Waals surface area contributed by atoms with Gasteiger partial charge >= 0.3 is 0 Å². The van der Waals surface area contributed by atoms with Gasteiger partial charge in [-0.2, -0.15) is 0 Å². The first-order valence-electron chi connectivity index (χ1n) is 16.6. The lowest BCUT2D eigenvalue weighted by molar-refractivity contribution is 0.881. The number of fused-ring (bicyclic) bond motifs is 4. The molecule has 0 radical (unpaired) electrons. The van der Waals surface area contributed by atoms with Gasteiger partial charge in [0, 0.05) is 32.8 Å². The van der Waals surface area contributed by atoms with Gasteiger partial charge < -0.3 is 4.90 Å². The van der Waals surface area contributed by atoms with E-state index in [1.54, 1.807) is 0 Å². The van der Waals surface area contributed by atoms with E-state index in [1.807, 2.05) is 11.8 Å². The molecular weight excluding hydrogens is 599 g/mol. The Morgan fingerprint density at radius 1 is 0.458 bits per heavy atom. The van der Waals surface area contributed by atoms with Crippen LogP contribution in [0.5, 0.6) is 0 Å². The van der Waals surface area contributed by atoms with E-state index >= 15 is 0 Å². The molecule has 7 aromatic carbocycles. The summed E-state index contributed by atoms with van der Waals surface area (Å²) in [6.07, 6.45) is 9.10. The van der Waals surface area contributed by atoms with Gasteiger partial charge in [-0.1, -0.05) is 146 Å². The van der Waals surface area contributed by atoms with Crippen molar-refractivity contribution in [3.63, 3.8) is 0 Å². The second kappa shape index (κ2) is 12.2. The topological polar surface area (TPSA) is 3.24 Å². The third kappa shape index (κ3) is 5.15. The summed E-state index contributed by atoms with van der Waals surface area (Å²) in [4.78, 5) is 3.77. The Kier molecular flexibility index (Phi) is 7.29. The normalized spacial score (nSPS) is 16.1. The minimum atomic E-state index is 0.427. The fraction of sp³-hybridized carbons (Fsp3) is 0.0435. The van der Waals surface area contributed by atoms with Gasteiger partial charge in [0.25, 0.3) is 0 Å². The van der Waals surface area contributed by atoms with Crippen molar-refractivity contribution in [3.05, 3.63) is 194 Å². The smallest absolute Gasteiger partial charge is 0.0540 e. The molecule has 0 spiro atoms. The number of rotatable bonds is 6. The van der Waals surface area contributed by atoms with Gasteiger partial charge in [0.15, 0.2) is 0 Å². The van der Waals surface area contributed by atoms with Crippen molar-refractivity contribution in [1.82, 2.24) is 0 Å². The summed E-state index contributed by atoms with van der Waals surface area (Å²) in [6, 6.07) is 59.7. The molecule has 7 aromatic rings. The Morgan fingerprint density at radius 3 is 1.77 bits per heavy atom. The van der Waals surface area contributed by atoms with E-state index in [1.165, 1.54) is 54.6 Å². The third-order valence-electron chi connectivity index (χ3n) is 9.62. The summed E-state index contributed by atoms with van der Waals surface area (Å²) in [5, 5.41) is 2.92. The Hall–Kier alpha value is -5.57. The molecule has 1 aliphatic heterocycles. The van der Waals surface area contributed by atoms with Crippen LogP contribution in [-0.4, -0.2) is 5.25 Å². The van der Waals surface area contributed by atoms with Gasteiger partial charge in [0.05, 0.1) is 5.69 Å². The Bertz CT molecular complexity index is 2300. The van der Waals surface area contributed by atoms with Crippen molar-refractivity contribution in [2.24, 2.45) is 0 Å². The second-order valence-electron chi connectivity index (χ2n) is 12.5. The van der Waals surface area contributed by atoms with E-state index in [2.05, 4.69) is 193 Å². The van der Waals surface area contributed by atoms with Gasteiger partial charge in [-0.05, 0) is 86.8 Å². The largest absolute Gasteiger partial charge is 0.310 e. The number of benzene rings is 7. The van der Waals surface area contributed by atoms with Crippen LogP contribution in [0.2, 0.25) is 0 Å². The number of nitrogens with zero attached hydrogens (tertiary/aromatic N) is 1. The zero-order chi connectivity index (χ0) is 31.9. The van der Waals surface area contributed by atoms with E-state index in [0.29, 0.717) is 11.2 Å². The first kappa shape index (κ1) is 28.6. The summed E-state index contributed by atoms with van der Waals surface area (Å²) in [5.41, 5.74) is 12.3. The maximum absolute atomic E-state index is 2.45. The average molecular weight is 632 g/mol. The lowest BCUT2D eigenvalue weighted by Crippen LogP contribution is -2.10. The van der Waals surface area contributed by atoms with E-state index in [-0.39, 0.29) is 0 Å². The summed E-state index contributed by atoms with van der Waals surface area (Å²) < 4.78 is 0. The van der Waals surface area contributed by atoms with E-state index in [4.69, 9.17) is 0 Å². The molecule has 0 bridgehead atoms. The van der Waals surface area contributed by atoms with Crippen LogP contribution in [0.3, 0.4) is 0 Å². The number of anilines is 3. The lowest BCUT2D eigenvalue weighted by atomic mass is 9.87. The zero-order valence-corrected chi connectivity index (χ0v) is 27.2. The fourth-order valence-electron chi connectivity index (χ4n) is 7.24. The van der Waals surface area contributed by atoms with Crippen LogP contribution in [0.4, 0.5) is 17.1 Å². The highest BCUT2D eigenvalue weighted by molar-refractivity contribution is 8.00.